The molecule has 2 unspecified atom stereocenters. The zero-order valence-corrected chi connectivity index (χ0v) is 9.61. The SMILES string of the molecule is c1ccc(C2CCC3(CCCNC3)O2)cc1. The summed E-state index contributed by atoms with van der Waals surface area (Å²) in [5.74, 6) is 0. The van der Waals surface area contributed by atoms with Crippen LogP contribution in [0.5, 0.6) is 0 Å². The van der Waals surface area contributed by atoms with Crippen LogP contribution in [0.15, 0.2) is 30.3 Å². The molecule has 0 saturated carbocycles. The van der Waals surface area contributed by atoms with Gasteiger partial charge in [0.2, 0.25) is 0 Å². The van der Waals surface area contributed by atoms with Crippen molar-refractivity contribution in [3.63, 3.8) is 0 Å². The maximum atomic E-state index is 6.31. The van der Waals surface area contributed by atoms with E-state index in [1.165, 1.54) is 31.2 Å². The highest BCUT2D eigenvalue weighted by molar-refractivity contribution is 5.19. The molecule has 1 aromatic rings. The average molecular weight is 217 g/mol. The van der Waals surface area contributed by atoms with Gasteiger partial charge in [0, 0.05) is 6.54 Å². The maximum absolute atomic E-state index is 6.31. The van der Waals surface area contributed by atoms with E-state index in [-0.39, 0.29) is 5.60 Å². The van der Waals surface area contributed by atoms with Gasteiger partial charge in [-0.15, -0.1) is 0 Å². The van der Waals surface area contributed by atoms with Crippen LogP contribution in [0.25, 0.3) is 0 Å². The Morgan fingerprint density at radius 3 is 2.81 bits per heavy atom. The first-order valence-electron chi connectivity index (χ1n) is 6.32. The lowest BCUT2D eigenvalue weighted by Crippen LogP contribution is -2.45. The van der Waals surface area contributed by atoms with Crippen LogP contribution < -0.4 is 5.32 Å². The third-order valence-corrected chi connectivity index (χ3v) is 3.86. The van der Waals surface area contributed by atoms with Crippen molar-refractivity contribution in [2.24, 2.45) is 0 Å². The molecule has 1 aromatic carbocycles. The summed E-state index contributed by atoms with van der Waals surface area (Å²) in [5, 5.41) is 3.46. The summed E-state index contributed by atoms with van der Waals surface area (Å²) in [4.78, 5) is 0. The van der Waals surface area contributed by atoms with E-state index in [0.717, 1.165) is 13.1 Å². The normalized spacial score (nSPS) is 34.4. The minimum absolute atomic E-state index is 0.138. The smallest absolute Gasteiger partial charge is 0.0834 e. The maximum Gasteiger partial charge on any atom is 0.0834 e. The summed E-state index contributed by atoms with van der Waals surface area (Å²) in [5.41, 5.74) is 1.48. The molecule has 0 radical (unpaired) electrons. The van der Waals surface area contributed by atoms with Crippen LogP contribution in [0.1, 0.15) is 37.4 Å². The number of ether oxygens (including phenoxy) is 1. The Labute approximate surface area is 97.0 Å². The summed E-state index contributed by atoms with van der Waals surface area (Å²) in [6.45, 7) is 2.19. The number of rotatable bonds is 1. The van der Waals surface area contributed by atoms with Crippen molar-refractivity contribution in [3.05, 3.63) is 35.9 Å². The monoisotopic (exact) mass is 217 g/mol. The van der Waals surface area contributed by atoms with Crippen LogP contribution in [-0.2, 0) is 4.74 Å². The van der Waals surface area contributed by atoms with E-state index in [2.05, 4.69) is 35.6 Å². The van der Waals surface area contributed by atoms with Crippen molar-refractivity contribution < 1.29 is 4.74 Å². The van der Waals surface area contributed by atoms with Crippen molar-refractivity contribution in [1.82, 2.24) is 5.32 Å². The minimum atomic E-state index is 0.138. The van der Waals surface area contributed by atoms with Crippen LogP contribution in [0.2, 0.25) is 0 Å². The Morgan fingerprint density at radius 2 is 2.06 bits per heavy atom. The molecule has 2 atom stereocenters. The Hall–Kier alpha value is -0.860. The molecule has 0 amide bonds. The molecule has 2 aliphatic rings. The van der Waals surface area contributed by atoms with E-state index < -0.39 is 0 Å². The van der Waals surface area contributed by atoms with Gasteiger partial charge in [-0.2, -0.15) is 0 Å². The summed E-state index contributed by atoms with van der Waals surface area (Å²) < 4.78 is 6.31. The van der Waals surface area contributed by atoms with Crippen molar-refractivity contribution in [3.8, 4) is 0 Å². The molecule has 3 rings (SSSR count). The molecule has 0 aliphatic carbocycles. The van der Waals surface area contributed by atoms with Gasteiger partial charge in [-0.3, -0.25) is 0 Å². The summed E-state index contributed by atoms with van der Waals surface area (Å²) in [6.07, 6.45) is 5.18. The predicted octanol–water partition coefficient (Wildman–Crippen LogP) is 2.66. The summed E-state index contributed by atoms with van der Waals surface area (Å²) in [7, 11) is 0. The molecule has 2 fully saturated rings. The van der Waals surface area contributed by atoms with E-state index in [4.69, 9.17) is 4.74 Å². The third kappa shape index (κ3) is 1.87. The molecule has 16 heavy (non-hydrogen) atoms. The Morgan fingerprint density at radius 1 is 1.19 bits per heavy atom. The second-order valence-corrected chi connectivity index (χ2v) is 5.02. The summed E-state index contributed by atoms with van der Waals surface area (Å²) >= 11 is 0. The van der Waals surface area contributed by atoms with Crippen molar-refractivity contribution in [2.45, 2.75) is 37.4 Å². The quantitative estimate of drug-likeness (QED) is 0.781. The zero-order valence-electron chi connectivity index (χ0n) is 9.61. The fourth-order valence-corrected chi connectivity index (χ4v) is 2.97. The molecular formula is C14H19NO. The van der Waals surface area contributed by atoms with Crippen LogP contribution in [0.4, 0.5) is 0 Å². The highest BCUT2D eigenvalue weighted by Gasteiger charge is 2.41. The van der Waals surface area contributed by atoms with E-state index >= 15 is 0 Å². The van der Waals surface area contributed by atoms with Crippen LogP contribution >= 0.6 is 0 Å². The lowest BCUT2D eigenvalue weighted by Gasteiger charge is -2.34. The molecule has 2 heterocycles. The molecule has 2 heteroatoms. The second-order valence-electron chi connectivity index (χ2n) is 5.02. The number of hydrogen-bond acceptors (Lipinski definition) is 2. The van der Waals surface area contributed by atoms with Crippen molar-refractivity contribution in [1.29, 1.82) is 0 Å². The van der Waals surface area contributed by atoms with Gasteiger partial charge < -0.3 is 10.1 Å². The largest absolute Gasteiger partial charge is 0.366 e. The van der Waals surface area contributed by atoms with Gasteiger partial charge in [0.15, 0.2) is 0 Å². The average Bonchev–Trinajstić information content (AvgIpc) is 2.75. The predicted molar refractivity (Wildman–Crippen MR) is 64.3 cm³/mol. The van der Waals surface area contributed by atoms with Gasteiger partial charge in [0.1, 0.15) is 0 Å². The van der Waals surface area contributed by atoms with Crippen LogP contribution in [0.3, 0.4) is 0 Å². The third-order valence-electron chi connectivity index (χ3n) is 3.86. The van der Waals surface area contributed by atoms with E-state index in [0.29, 0.717) is 6.10 Å². The van der Waals surface area contributed by atoms with Gasteiger partial charge in [0.05, 0.1) is 11.7 Å². The molecular weight excluding hydrogens is 198 g/mol. The first-order chi connectivity index (χ1) is 7.88. The molecule has 0 aromatic heterocycles. The topological polar surface area (TPSA) is 21.3 Å². The minimum Gasteiger partial charge on any atom is -0.366 e. The molecule has 2 aliphatic heterocycles. The van der Waals surface area contributed by atoms with Gasteiger partial charge in [-0.1, -0.05) is 30.3 Å². The molecule has 2 saturated heterocycles. The highest BCUT2D eigenvalue weighted by atomic mass is 16.5. The second kappa shape index (κ2) is 4.19. The first kappa shape index (κ1) is 10.3. The molecule has 2 nitrogen and oxygen atoms in total. The number of hydrogen-bond donors (Lipinski definition) is 1. The van der Waals surface area contributed by atoms with Gasteiger partial charge in [-0.05, 0) is 37.8 Å². The zero-order chi connectivity index (χ0) is 10.8. The van der Waals surface area contributed by atoms with Crippen molar-refractivity contribution in [2.75, 3.05) is 13.1 Å². The standard InChI is InChI=1S/C14H19NO/c1-2-5-12(6-3-1)13-7-9-14(16-13)8-4-10-15-11-14/h1-3,5-6,13,15H,4,7-11H2. The number of benzene rings is 1. The van der Waals surface area contributed by atoms with Crippen LogP contribution in [-0.4, -0.2) is 18.7 Å². The van der Waals surface area contributed by atoms with Gasteiger partial charge >= 0.3 is 0 Å². The number of nitrogens with one attached hydrogen (secondary N) is 1. The Bertz CT molecular complexity index is 343. The van der Waals surface area contributed by atoms with Crippen molar-refractivity contribution >= 4 is 0 Å². The summed E-state index contributed by atoms with van der Waals surface area (Å²) in [6, 6.07) is 10.6. The van der Waals surface area contributed by atoms with E-state index in [1.54, 1.807) is 0 Å². The Kier molecular flexibility index (Phi) is 2.70. The molecule has 1 N–H and O–H groups in total. The lowest BCUT2D eigenvalue weighted by molar-refractivity contribution is -0.0558. The highest BCUT2D eigenvalue weighted by Crippen LogP contribution is 2.42. The van der Waals surface area contributed by atoms with E-state index in [1.807, 2.05) is 0 Å². The molecule has 0 bridgehead atoms. The van der Waals surface area contributed by atoms with Crippen LogP contribution in [0, 0.1) is 0 Å². The number of piperidine rings is 1. The molecule has 86 valence electrons. The van der Waals surface area contributed by atoms with Gasteiger partial charge in [-0.25, -0.2) is 0 Å². The lowest BCUT2D eigenvalue weighted by atomic mass is 9.91. The fourth-order valence-electron chi connectivity index (χ4n) is 2.97. The Balaban J connectivity index is 1.73. The van der Waals surface area contributed by atoms with Gasteiger partial charge in [0.25, 0.3) is 0 Å². The van der Waals surface area contributed by atoms with E-state index in [9.17, 15) is 0 Å². The first-order valence-corrected chi connectivity index (χ1v) is 6.32. The fraction of sp³-hybridized carbons (Fsp3) is 0.571. The molecule has 1 spiro atoms.